The van der Waals surface area contributed by atoms with Crippen molar-refractivity contribution >= 4 is 18.0 Å². The van der Waals surface area contributed by atoms with Gasteiger partial charge in [-0.25, -0.2) is 9.59 Å². The summed E-state index contributed by atoms with van der Waals surface area (Å²) in [6.07, 6.45) is 10.6. The number of ether oxygens (including phenoxy) is 3. The van der Waals surface area contributed by atoms with Gasteiger partial charge in [-0.2, -0.15) is 0 Å². The summed E-state index contributed by atoms with van der Waals surface area (Å²) in [6, 6.07) is 7.57. The van der Waals surface area contributed by atoms with E-state index in [1.54, 1.807) is 6.08 Å². The van der Waals surface area contributed by atoms with Crippen LogP contribution in [0.4, 0.5) is 0 Å². The zero-order valence-electron chi connectivity index (χ0n) is 15.4. The second-order valence-corrected chi connectivity index (χ2v) is 5.77. The van der Waals surface area contributed by atoms with Crippen molar-refractivity contribution < 1.29 is 23.8 Å². The largest absolute Gasteiger partial charge is 0.494 e. The Labute approximate surface area is 155 Å². The molecule has 1 rings (SSSR count). The first-order valence-corrected chi connectivity index (χ1v) is 8.94. The lowest BCUT2D eigenvalue weighted by Crippen LogP contribution is -2.01. The van der Waals surface area contributed by atoms with Crippen LogP contribution in [0.25, 0.3) is 6.08 Å². The second kappa shape index (κ2) is 13.7. The third-order valence-corrected chi connectivity index (χ3v) is 3.71. The summed E-state index contributed by atoms with van der Waals surface area (Å²) >= 11 is 0. The Balaban J connectivity index is 2.04. The van der Waals surface area contributed by atoms with Crippen molar-refractivity contribution in [2.24, 2.45) is 0 Å². The molecule has 0 saturated carbocycles. The van der Waals surface area contributed by atoms with Crippen molar-refractivity contribution in [3.63, 3.8) is 0 Å². The Kier molecular flexibility index (Phi) is 11.3. The van der Waals surface area contributed by atoms with Crippen LogP contribution in [0, 0.1) is 0 Å². The van der Waals surface area contributed by atoms with Gasteiger partial charge in [0.15, 0.2) is 0 Å². The Morgan fingerprint density at radius 2 is 1.54 bits per heavy atom. The van der Waals surface area contributed by atoms with Gasteiger partial charge in [0.1, 0.15) is 5.75 Å². The van der Waals surface area contributed by atoms with E-state index in [0.717, 1.165) is 49.8 Å². The molecule has 0 aliphatic heterocycles. The van der Waals surface area contributed by atoms with Crippen LogP contribution in [-0.4, -0.2) is 32.3 Å². The monoisotopic (exact) mass is 360 g/mol. The fourth-order valence-corrected chi connectivity index (χ4v) is 2.24. The van der Waals surface area contributed by atoms with E-state index in [0.29, 0.717) is 13.2 Å². The molecular formula is C21H28O5. The van der Waals surface area contributed by atoms with Crippen LogP contribution in [0.2, 0.25) is 0 Å². The van der Waals surface area contributed by atoms with E-state index in [1.165, 1.54) is 19.3 Å². The number of hydrogen-bond donors (Lipinski definition) is 0. The first-order valence-electron chi connectivity index (χ1n) is 8.94. The standard InChI is InChI=1S/C21H28O5/c1-3-20(22)26-17-9-7-5-4-6-8-16-25-19-13-10-18(11-14-19)12-15-21(23)24-2/h3,10-15H,1,4-9,16-17H2,2H3/b15-12+. The third kappa shape index (κ3) is 10.3. The van der Waals surface area contributed by atoms with Crippen LogP contribution in [0.3, 0.4) is 0 Å². The maximum atomic E-state index is 11.0. The summed E-state index contributed by atoms with van der Waals surface area (Å²) < 4.78 is 15.2. The molecule has 0 atom stereocenters. The number of carbonyl (C=O) groups is 2. The average Bonchev–Trinajstić information content (AvgIpc) is 2.68. The molecule has 0 N–H and O–H groups in total. The zero-order chi connectivity index (χ0) is 19.0. The van der Waals surface area contributed by atoms with Gasteiger partial charge in [-0.1, -0.05) is 44.4 Å². The number of unbranched alkanes of at least 4 members (excludes halogenated alkanes) is 5. The van der Waals surface area contributed by atoms with Crippen molar-refractivity contribution in [3.05, 3.63) is 48.6 Å². The molecule has 0 aliphatic rings. The lowest BCUT2D eigenvalue weighted by molar-refractivity contribution is -0.138. The molecule has 0 radical (unpaired) electrons. The molecule has 0 amide bonds. The van der Waals surface area contributed by atoms with E-state index >= 15 is 0 Å². The first-order chi connectivity index (χ1) is 12.7. The smallest absolute Gasteiger partial charge is 0.330 e. The van der Waals surface area contributed by atoms with Crippen LogP contribution < -0.4 is 4.74 Å². The molecule has 5 nitrogen and oxygen atoms in total. The van der Waals surface area contributed by atoms with Gasteiger partial charge in [0.05, 0.1) is 20.3 Å². The number of esters is 2. The molecule has 0 spiro atoms. The summed E-state index contributed by atoms with van der Waals surface area (Å²) in [5.74, 6) is 0.0991. The summed E-state index contributed by atoms with van der Waals surface area (Å²) in [5.41, 5.74) is 0.918. The number of methoxy groups -OCH3 is 1. The van der Waals surface area contributed by atoms with Crippen LogP contribution in [0.1, 0.15) is 44.1 Å². The fraction of sp³-hybridized carbons (Fsp3) is 0.429. The first kappa shape index (κ1) is 21.5. The topological polar surface area (TPSA) is 61.8 Å². The molecule has 142 valence electrons. The van der Waals surface area contributed by atoms with Crippen LogP contribution in [0.15, 0.2) is 43.0 Å². The van der Waals surface area contributed by atoms with Gasteiger partial charge < -0.3 is 14.2 Å². The normalized spacial score (nSPS) is 10.5. The molecule has 0 unspecified atom stereocenters. The summed E-state index contributed by atoms with van der Waals surface area (Å²) in [5, 5.41) is 0. The number of carbonyl (C=O) groups excluding carboxylic acids is 2. The highest BCUT2D eigenvalue weighted by atomic mass is 16.5. The lowest BCUT2D eigenvalue weighted by Gasteiger charge is -2.06. The van der Waals surface area contributed by atoms with E-state index in [1.807, 2.05) is 24.3 Å². The Bertz CT molecular complexity index is 575. The fourth-order valence-electron chi connectivity index (χ4n) is 2.24. The zero-order valence-corrected chi connectivity index (χ0v) is 15.4. The maximum absolute atomic E-state index is 11.0. The minimum absolute atomic E-state index is 0.352. The SMILES string of the molecule is C=CC(=O)OCCCCCCCCOc1ccc(/C=C/C(=O)OC)cc1. The molecule has 0 aliphatic carbocycles. The Morgan fingerprint density at radius 3 is 2.15 bits per heavy atom. The third-order valence-electron chi connectivity index (χ3n) is 3.71. The van der Waals surface area contributed by atoms with Gasteiger partial charge in [-0.05, 0) is 36.6 Å². The summed E-state index contributed by atoms with van der Waals surface area (Å²) in [7, 11) is 1.35. The molecule has 26 heavy (non-hydrogen) atoms. The van der Waals surface area contributed by atoms with Gasteiger partial charge in [0.25, 0.3) is 0 Å². The minimum Gasteiger partial charge on any atom is -0.494 e. The van der Waals surface area contributed by atoms with Crippen molar-refractivity contribution in [3.8, 4) is 5.75 Å². The quantitative estimate of drug-likeness (QED) is 0.298. The lowest BCUT2D eigenvalue weighted by atomic mass is 10.1. The Morgan fingerprint density at radius 1 is 0.923 bits per heavy atom. The van der Waals surface area contributed by atoms with Gasteiger partial charge in [0, 0.05) is 12.2 Å². The van der Waals surface area contributed by atoms with E-state index in [4.69, 9.17) is 9.47 Å². The summed E-state index contributed by atoms with van der Waals surface area (Å²) in [4.78, 5) is 21.9. The Hall–Kier alpha value is -2.56. The van der Waals surface area contributed by atoms with Crippen molar-refractivity contribution in [1.29, 1.82) is 0 Å². The predicted octanol–water partition coefficient (Wildman–Crippen LogP) is 4.32. The van der Waals surface area contributed by atoms with Gasteiger partial charge in [-0.15, -0.1) is 0 Å². The molecule has 1 aromatic carbocycles. The van der Waals surface area contributed by atoms with Crippen LogP contribution >= 0.6 is 0 Å². The minimum atomic E-state index is -0.372. The number of rotatable bonds is 13. The highest BCUT2D eigenvalue weighted by Gasteiger charge is 1.97. The molecule has 5 heteroatoms. The molecular weight excluding hydrogens is 332 g/mol. The van der Waals surface area contributed by atoms with Gasteiger partial charge in [0.2, 0.25) is 0 Å². The molecule has 1 aromatic rings. The van der Waals surface area contributed by atoms with E-state index < -0.39 is 0 Å². The average molecular weight is 360 g/mol. The number of hydrogen-bond acceptors (Lipinski definition) is 5. The second-order valence-electron chi connectivity index (χ2n) is 5.77. The molecule has 0 heterocycles. The van der Waals surface area contributed by atoms with Gasteiger partial charge in [-0.3, -0.25) is 0 Å². The van der Waals surface area contributed by atoms with E-state index in [9.17, 15) is 9.59 Å². The molecule has 0 fully saturated rings. The van der Waals surface area contributed by atoms with Crippen LogP contribution in [-0.2, 0) is 19.1 Å². The van der Waals surface area contributed by atoms with Crippen molar-refractivity contribution in [1.82, 2.24) is 0 Å². The molecule has 0 bridgehead atoms. The van der Waals surface area contributed by atoms with Crippen molar-refractivity contribution in [2.75, 3.05) is 20.3 Å². The van der Waals surface area contributed by atoms with E-state index in [2.05, 4.69) is 11.3 Å². The number of benzene rings is 1. The molecule has 0 saturated heterocycles. The summed E-state index contributed by atoms with van der Waals surface area (Å²) in [6.45, 7) is 4.51. The predicted molar refractivity (Wildman–Crippen MR) is 102 cm³/mol. The maximum Gasteiger partial charge on any atom is 0.330 e. The van der Waals surface area contributed by atoms with Crippen molar-refractivity contribution in [2.45, 2.75) is 38.5 Å². The highest BCUT2D eigenvalue weighted by molar-refractivity contribution is 5.86. The van der Waals surface area contributed by atoms with Gasteiger partial charge >= 0.3 is 11.9 Å². The van der Waals surface area contributed by atoms with Crippen LogP contribution in [0.5, 0.6) is 5.75 Å². The highest BCUT2D eigenvalue weighted by Crippen LogP contribution is 2.14. The van der Waals surface area contributed by atoms with E-state index in [-0.39, 0.29) is 11.9 Å². The molecule has 0 aromatic heterocycles.